The van der Waals surface area contributed by atoms with Crippen molar-refractivity contribution in [1.29, 1.82) is 0 Å². The van der Waals surface area contributed by atoms with E-state index in [1.165, 1.54) is 25.4 Å². The number of carbonyl (C=O) groups is 2. The number of aromatic nitrogens is 1. The van der Waals surface area contributed by atoms with Gasteiger partial charge >= 0.3 is 0 Å². The Labute approximate surface area is 178 Å². The minimum atomic E-state index is -0.804. The first-order valence-corrected chi connectivity index (χ1v) is 9.48. The topological polar surface area (TPSA) is 102 Å². The molecule has 1 N–H and O–H groups in total. The van der Waals surface area contributed by atoms with Gasteiger partial charge in [-0.05, 0) is 48.0 Å². The molecular weight excluding hydrogens is 400 g/mol. The third kappa shape index (κ3) is 3.63. The van der Waals surface area contributed by atoms with Crippen LogP contribution in [-0.4, -0.2) is 40.9 Å². The van der Waals surface area contributed by atoms with Crippen molar-refractivity contribution >= 4 is 17.4 Å². The zero-order valence-corrected chi connectivity index (χ0v) is 16.9. The number of pyridine rings is 1. The van der Waals surface area contributed by atoms with Crippen molar-refractivity contribution in [1.82, 2.24) is 9.88 Å². The minimum Gasteiger partial charge on any atom is -0.507 e. The number of aliphatic hydroxyl groups excluding tert-OH is 1. The molecule has 1 fully saturated rings. The van der Waals surface area contributed by atoms with Crippen LogP contribution >= 0.6 is 0 Å². The number of amides is 1. The average Bonchev–Trinajstić information content (AvgIpc) is 3.41. The fourth-order valence-corrected chi connectivity index (χ4v) is 3.64. The lowest BCUT2D eigenvalue weighted by molar-refractivity contribution is -0.140. The van der Waals surface area contributed by atoms with Crippen molar-refractivity contribution in [2.75, 3.05) is 14.2 Å². The van der Waals surface area contributed by atoms with E-state index in [1.807, 2.05) is 0 Å². The van der Waals surface area contributed by atoms with Crippen molar-refractivity contribution < 1.29 is 28.6 Å². The van der Waals surface area contributed by atoms with Gasteiger partial charge in [0.05, 0.1) is 38.6 Å². The molecule has 0 saturated carbocycles. The van der Waals surface area contributed by atoms with E-state index in [1.54, 1.807) is 54.9 Å². The number of rotatable bonds is 6. The van der Waals surface area contributed by atoms with Gasteiger partial charge in [-0.25, -0.2) is 0 Å². The summed E-state index contributed by atoms with van der Waals surface area (Å²) >= 11 is 0. The molecule has 1 amide bonds. The lowest BCUT2D eigenvalue weighted by Crippen LogP contribution is -2.29. The number of methoxy groups -OCH3 is 2. The first kappa shape index (κ1) is 20.2. The highest BCUT2D eigenvalue weighted by Gasteiger charge is 2.46. The molecule has 0 aliphatic carbocycles. The second-order valence-electron chi connectivity index (χ2n) is 6.86. The Morgan fingerprint density at radius 2 is 1.84 bits per heavy atom. The maximum atomic E-state index is 13.0. The molecule has 3 heterocycles. The number of benzene rings is 1. The summed E-state index contributed by atoms with van der Waals surface area (Å²) in [4.78, 5) is 31.3. The van der Waals surface area contributed by atoms with Gasteiger partial charge < -0.3 is 23.9 Å². The predicted octanol–water partition coefficient (Wildman–Crippen LogP) is 3.31. The second-order valence-corrected chi connectivity index (χ2v) is 6.86. The number of aliphatic hydroxyl groups is 1. The standard InChI is InChI=1S/C23H20N2O6/c1-29-17-6-5-15(12-18(17)30-2)21(26)19-20(14-7-9-24-10-8-14)25(23(28)22(19)27)13-16-4-3-11-31-16/h3-12,20,26H,13H2,1-2H3/b21-19-. The molecule has 1 unspecified atom stereocenters. The van der Waals surface area contributed by atoms with E-state index in [0.29, 0.717) is 28.4 Å². The summed E-state index contributed by atoms with van der Waals surface area (Å²) in [6.45, 7) is 0.0767. The molecule has 1 aliphatic rings. The van der Waals surface area contributed by atoms with Crippen LogP contribution in [0.15, 0.2) is 71.1 Å². The van der Waals surface area contributed by atoms with Crippen LogP contribution in [0.4, 0.5) is 0 Å². The molecule has 0 bridgehead atoms. The van der Waals surface area contributed by atoms with E-state index in [9.17, 15) is 14.7 Å². The van der Waals surface area contributed by atoms with Gasteiger partial charge in [0.2, 0.25) is 0 Å². The fourth-order valence-electron chi connectivity index (χ4n) is 3.64. The van der Waals surface area contributed by atoms with Crippen LogP contribution < -0.4 is 9.47 Å². The van der Waals surface area contributed by atoms with Crippen molar-refractivity contribution in [3.63, 3.8) is 0 Å². The van der Waals surface area contributed by atoms with Crippen LogP contribution in [0.25, 0.3) is 5.76 Å². The third-order valence-electron chi connectivity index (χ3n) is 5.13. The van der Waals surface area contributed by atoms with Crippen molar-refractivity contribution in [2.24, 2.45) is 0 Å². The van der Waals surface area contributed by atoms with Gasteiger partial charge in [-0.3, -0.25) is 14.6 Å². The van der Waals surface area contributed by atoms with Crippen LogP contribution in [-0.2, 0) is 16.1 Å². The number of Topliss-reactive ketones (excluding diaryl/α,β-unsaturated/α-hetero) is 1. The molecule has 31 heavy (non-hydrogen) atoms. The first-order chi connectivity index (χ1) is 15.0. The highest BCUT2D eigenvalue weighted by atomic mass is 16.5. The molecule has 158 valence electrons. The molecule has 1 aliphatic heterocycles. The molecule has 3 aromatic rings. The quantitative estimate of drug-likeness (QED) is 0.371. The molecule has 8 heteroatoms. The van der Waals surface area contributed by atoms with Gasteiger partial charge in [-0.1, -0.05) is 0 Å². The summed E-state index contributed by atoms with van der Waals surface area (Å²) in [6.07, 6.45) is 4.63. The van der Waals surface area contributed by atoms with Gasteiger partial charge in [0.25, 0.3) is 11.7 Å². The number of furan rings is 1. The SMILES string of the molecule is COc1ccc(/C(O)=C2/C(=O)C(=O)N(Cc3ccco3)C2c2ccncc2)cc1OC. The van der Waals surface area contributed by atoms with E-state index in [-0.39, 0.29) is 17.9 Å². The highest BCUT2D eigenvalue weighted by Crippen LogP contribution is 2.41. The van der Waals surface area contributed by atoms with Crippen LogP contribution in [0.5, 0.6) is 11.5 Å². The van der Waals surface area contributed by atoms with E-state index in [2.05, 4.69) is 4.98 Å². The average molecular weight is 420 g/mol. The summed E-state index contributed by atoms with van der Waals surface area (Å²) in [5.41, 5.74) is 0.950. The van der Waals surface area contributed by atoms with Gasteiger partial charge in [-0.15, -0.1) is 0 Å². The molecule has 0 radical (unpaired) electrons. The summed E-state index contributed by atoms with van der Waals surface area (Å²) in [5, 5.41) is 11.1. The molecular formula is C23H20N2O6. The van der Waals surface area contributed by atoms with Crippen molar-refractivity contribution in [3.05, 3.63) is 83.6 Å². The normalized spacial score (nSPS) is 17.7. The maximum Gasteiger partial charge on any atom is 0.296 e. The van der Waals surface area contributed by atoms with Crippen LogP contribution in [0.3, 0.4) is 0 Å². The number of ketones is 1. The molecule has 1 aromatic carbocycles. The Kier molecular flexibility index (Phi) is 5.44. The molecule has 0 spiro atoms. The molecule has 2 aromatic heterocycles. The van der Waals surface area contributed by atoms with E-state index >= 15 is 0 Å². The van der Waals surface area contributed by atoms with E-state index < -0.39 is 17.7 Å². The number of hydrogen-bond acceptors (Lipinski definition) is 7. The maximum absolute atomic E-state index is 13.0. The van der Waals surface area contributed by atoms with Crippen molar-refractivity contribution in [3.8, 4) is 11.5 Å². The number of carbonyl (C=O) groups excluding carboxylic acids is 2. The number of likely N-dealkylation sites (tertiary alicyclic amines) is 1. The van der Waals surface area contributed by atoms with Crippen LogP contribution in [0.1, 0.15) is 22.9 Å². The van der Waals surface area contributed by atoms with Crippen LogP contribution in [0, 0.1) is 0 Å². The summed E-state index contributed by atoms with van der Waals surface area (Å²) in [5.74, 6) is -0.421. The predicted molar refractivity (Wildman–Crippen MR) is 110 cm³/mol. The minimum absolute atomic E-state index is 0.0185. The summed E-state index contributed by atoms with van der Waals surface area (Å²) in [6, 6.07) is 10.8. The van der Waals surface area contributed by atoms with Crippen molar-refractivity contribution in [2.45, 2.75) is 12.6 Å². The smallest absolute Gasteiger partial charge is 0.296 e. The Hall–Kier alpha value is -4.07. The van der Waals surface area contributed by atoms with Gasteiger partial charge in [0.15, 0.2) is 11.5 Å². The highest BCUT2D eigenvalue weighted by molar-refractivity contribution is 6.46. The monoisotopic (exact) mass is 420 g/mol. The number of nitrogens with zero attached hydrogens (tertiary/aromatic N) is 2. The van der Waals surface area contributed by atoms with Gasteiger partial charge in [-0.2, -0.15) is 0 Å². The molecule has 1 atom stereocenters. The largest absolute Gasteiger partial charge is 0.507 e. The summed E-state index contributed by atoms with van der Waals surface area (Å²) < 4.78 is 15.9. The first-order valence-electron chi connectivity index (χ1n) is 9.48. The Morgan fingerprint density at radius 3 is 2.48 bits per heavy atom. The number of hydrogen-bond donors (Lipinski definition) is 1. The molecule has 8 nitrogen and oxygen atoms in total. The molecule has 1 saturated heterocycles. The zero-order valence-electron chi connectivity index (χ0n) is 16.9. The Bertz CT molecular complexity index is 1140. The fraction of sp³-hybridized carbons (Fsp3) is 0.174. The molecule has 4 rings (SSSR count). The van der Waals surface area contributed by atoms with Gasteiger partial charge in [0.1, 0.15) is 11.5 Å². The van der Waals surface area contributed by atoms with Crippen LogP contribution in [0.2, 0.25) is 0 Å². The van der Waals surface area contributed by atoms with E-state index in [4.69, 9.17) is 13.9 Å². The lowest BCUT2D eigenvalue weighted by atomic mass is 9.96. The van der Waals surface area contributed by atoms with E-state index in [0.717, 1.165) is 0 Å². The second kappa shape index (κ2) is 8.35. The third-order valence-corrected chi connectivity index (χ3v) is 5.13. The Balaban J connectivity index is 1.86. The number of ether oxygens (including phenoxy) is 2. The van der Waals surface area contributed by atoms with Gasteiger partial charge in [0, 0.05) is 18.0 Å². The summed E-state index contributed by atoms with van der Waals surface area (Å²) in [7, 11) is 2.97. The lowest BCUT2D eigenvalue weighted by Gasteiger charge is -2.24. The zero-order chi connectivity index (χ0) is 22.0. The Morgan fingerprint density at radius 1 is 1.10 bits per heavy atom.